The van der Waals surface area contributed by atoms with Crippen molar-refractivity contribution >= 4 is 34.3 Å². The van der Waals surface area contributed by atoms with Crippen LogP contribution >= 0.6 is 0 Å². The van der Waals surface area contributed by atoms with Crippen molar-refractivity contribution in [1.82, 2.24) is 9.62 Å². The molecule has 0 aromatic heterocycles. The second-order valence-electron chi connectivity index (χ2n) is 10.6. The molecule has 220 valence electrons. The predicted molar refractivity (Wildman–Crippen MR) is 145 cm³/mol. The molecule has 41 heavy (non-hydrogen) atoms. The highest BCUT2D eigenvalue weighted by molar-refractivity contribution is 7.82. The molecule has 3 heterocycles. The van der Waals surface area contributed by atoms with Crippen LogP contribution in [0.25, 0.3) is 0 Å². The van der Waals surface area contributed by atoms with E-state index in [1.807, 2.05) is 25.1 Å². The molecule has 5 rings (SSSR count). The van der Waals surface area contributed by atoms with E-state index in [0.717, 1.165) is 22.9 Å². The van der Waals surface area contributed by atoms with Gasteiger partial charge in [0.05, 0.1) is 29.2 Å². The summed E-state index contributed by atoms with van der Waals surface area (Å²) in [5.74, 6) is -1.54. The lowest BCUT2D eigenvalue weighted by Crippen LogP contribution is -2.49. The molecule has 0 radical (unpaired) electrons. The zero-order valence-electron chi connectivity index (χ0n) is 22.3. The van der Waals surface area contributed by atoms with Crippen LogP contribution in [0.1, 0.15) is 47.9 Å². The summed E-state index contributed by atoms with van der Waals surface area (Å²) in [6.45, 7) is 2.45. The lowest BCUT2D eigenvalue weighted by Gasteiger charge is -2.34. The number of benzene rings is 2. The summed E-state index contributed by atoms with van der Waals surface area (Å²) in [6.07, 6.45) is -2.84. The van der Waals surface area contributed by atoms with Gasteiger partial charge in [0.15, 0.2) is 0 Å². The van der Waals surface area contributed by atoms with E-state index in [0.29, 0.717) is 50.2 Å². The summed E-state index contributed by atoms with van der Waals surface area (Å²) < 4.78 is 68.0. The van der Waals surface area contributed by atoms with Crippen LogP contribution in [0.2, 0.25) is 0 Å². The van der Waals surface area contributed by atoms with Gasteiger partial charge in [-0.1, -0.05) is 6.07 Å². The van der Waals surface area contributed by atoms with Gasteiger partial charge in [-0.2, -0.15) is 13.2 Å². The monoisotopic (exact) mass is 594 g/mol. The van der Waals surface area contributed by atoms with Crippen LogP contribution in [0, 0.1) is 12.7 Å². The van der Waals surface area contributed by atoms with Crippen LogP contribution in [0.5, 0.6) is 0 Å². The fraction of sp³-hybridized carbons (Fsp3) is 0.464. The number of carbonyl (C=O) groups excluding carboxylic acids is 2. The van der Waals surface area contributed by atoms with Crippen molar-refractivity contribution in [1.29, 1.82) is 0 Å². The largest absolute Gasteiger partial charge is 0.419 e. The molecule has 2 aromatic carbocycles. The van der Waals surface area contributed by atoms with Crippen molar-refractivity contribution in [3.63, 3.8) is 0 Å². The lowest BCUT2D eigenvalue weighted by molar-refractivity contribution is -0.140. The number of aliphatic imine (C=N–C) groups is 1. The van der Waals surface area contributed by atoms with E-state index in [-0.39, 0.29) is 42.8 Å². The molecule has 0 bridgehead atoms. The molecule has 3 aliphatic rings. The van der Waals surface area contributed by atoms with Gasteiger partial charge in [-0.15, -0.1) is 0 Å². The molecule has 2 amide bonds. The standard InChI is InChI=1S/C28H30F4N4O4S/c1-17-14-20(36-21(16-37)5-7-24(36)38)4-2-18(17)8-13-41(40)35-11-9-27(10-12-35)26(39)33-25(34-27)19-3-6-23(29)22(15-19)28(30,31)32/h2-4,6,14-15,21,37H,5,7-13,16H2,1H3,(H,33,34,39)/t21-,41?/m1/s1. The van der Waals surface area contributed by atoms with Crippen molar-refractivity contribution in [2.24, 2.45) is 4.99 Å². The summed E-state index contributed by atoms with van der Waals surface area (Å²) in [7, 11) is -1.34. The molecular formula is C28H30F4N4O4S. The van der Waals surface area contributed by atoms with Crippen LogP contribution in [-0.4, -0.2) is 68.3 Å². The van der Waals surface area contributed by atoms with Crippen molar-refractivity contribution < 1.29 is 36.5 Å². The second kappa shape index (κ2) is 11.3. The molecule has 1 unspecified atom stereocenters. The van der Waals surface area contributed by atoms with Gasteiger partial charge in [0, 0.05) is 36.5 Å². The SMILES string of the molecule is Cc1cc(N2C(=O)CC[C@@H]2CO)ccc1CCS(=O)N1CCC2(CC1)N=C(c1ccc(F)c(C(F)(F)F)c1)NC2=O. The molecule has 8 nitrogen and oxygen atoms in total. The van der Waals surface area contributed by atoms with Crippen molar-refractivity contribution in [3.05, 3.63) is 64.5 Å². The van der Waals surface area contributed by atoms with E-state index in [9.17, 15) is 36.5 Å². The van der Waals surface area contributed by atoms with E-state index in [4.69, 9.17) is 0 Å². The fourth-order valence-electron chi connectivity index (χ4n) is 5.65. The Morgan fingerprint density at radius 2 is 1.88 bits per heavy atom. The van der Waals surface area contributed by atoms with Crippen LogP contribution < -0.4 is 10.2 Å². The minimum Gasteiger partial charge on any atom is -0.394 e. The number of nitrogens with zero attached hydrogens (tertiary/aromatic N) is 3. The molecule has 1 spiro atoms. The number of carbonyl (C=O) groups is 2. The van der Waals surface area contributed by atoms with Gasteiger partial charge < -0.3 is 15.3 Å². The van der Waals surface area contributed by atoms with Crippen LogP contribution in [0.3, 0.4) is 0 Å². The Balaban J connectivity index is 1.20. The number of aliphatic hydroxyl groups is 1. The molecule has 2 saturated heterocycles. The Bertz CT molecular complexity index is 1420. The molecule has 0 saturated carbocycles. The Kier molecular flexibility index (Phi) is 8.05. The van der Waals surface area contributed by atoms with Crippen molar-refractivity contribution in [2.45, 2.75) is 56.8 Å². The van der Waals surface area contributed by atoms with Gasteiger partial charge in [-0.25, -0.2) is 12.9 Å². The number of aliphatic hydroxyl groups excluding tert-OH is 1. The average molecular weight is 595 g/mol. The van der Waals surface area contributed by atoms with E-state index >= 15 is 0 Å². The molecule has 2 fully saturated rings. The zero-order chi connectivity index (χ0) is 29.5. The molecule has 3 aliphatic heterocycles. The topological polar surface area (TPSA) is 102 Å². The fourth-order valence-corrected chi connectivity index (χ4v) is 6.89. The van der Waals surface area contributed by atoms with E-state index in [2.05, 4.69) is 10.3 Å². The molecule has 13 heteroatoms. The number of hydrogen-bond acceptors (Lipinski definition) is 5. The van der Waals surface area contributed by atoms with Crippen LogP contribution in [0.4, 0.5) is 23.2 Å². The number of amides is 2. The predicted octanol–water partition coefficient (Wildman–Crippen LogP) is 3.26. The number of rotatable bonds is 7. The number of hydrogen-bond donors (Lipinski definition) is 2. The first-order valence-electron chi connectivity index (χ1n) is 13.4. The number of nitrogens with one attached hydrogen (secondary N) is 1. The zero-order valence-corrected chi connectivity index (χ0v) is 23.2. The maximum atomic E-state index is 13.7. The molecular weight excluding hydrogens is 564 g/mol. The third kappa shape index (κ3) is 5.80. The van der Waals surface area contributed by atoms with Crippen LogP contribution in [0.15, 0.2) is 41.4 Å². The number of aryl methyl sites for hydroxylation is 2. The maximum Gasteiger partial charge on any atom is 0.419 e. The smallest absolute Gasteiger partial charge is 0.394 e. The Hall–Kier alpha value is -3.16. The highest BCUT2D eigenvalue weighted by atomic mass is 32.2. The summed E-state index contributed by atoms with van der Waals surface area (Å²) in [5.41, 5.74) is 0.0472. The third-order valence-corrected chi connectivity index (χ3v) is 9.54. The van der Waals surface area contributed by atoms with Gasteiger partial charge >= 0.3 is 6.18 Å². The molecule has 2 N–H and O–H groups in total. The number of anilines is 1. The van der Waals surface area contributed by atoms with Crippen molar-refractivity contribution in [3.8, 4) is 0 Å². The Labute approximate surface area is 237 Å². The minimum atomic E-state index is -4.88. The number of amidine groups is 1. The maximum absolute atomic E-state index is 13.7. The van der Waals surface area contributed by atoms with Gasteiger partial charge in [0.25, 0.3) is 5.91 Å². The number of piperidine rings is 1. The molecule has 0 aliphatic carbocycles. The third-order valence-electron chi connectivity index (χ3n) is 8.05. The van der Waals surface area contributed by atoms with Gasteiger partial charge in [-0.05, 0) is 74.1 Å². The lowest BCUT2D eigenvalue weighted by atomic mass is 9.89. The van der Waals surface area contributed by atoms with E-state index in [1.54, 1.807) is 9.21 Å². The normalized spacial score (nSPS) is 21.9. The van der Waals surface area contributed by atoms with Gasteiger partial charge in [0.1, 0.15) is 17.2 Å². The van der Waals surface area contributed by atoms with Crippen molar-refractivity contribution in [2.75, 3.05) is 30.3 Å². The van der Waals surface area contributed by atoms with E-state index in [1.165, 1.54) is 0 Å². The van der Waals surface area contributed by atoms with E-state index < -0.39 is 40.0 Å². The minimum absolute atomic E-state index is 0.0173. The van der Waals surface area contributed by atoms with Gasteiger partial charge in [0.2, 0.25) is 5.91 Å². The summed E-state index contributed by atoms with van der Waals surface area (Å²) >= 11 is 0. The first-order chi connectivity index (χ1) is 19.4. The summed E-state index contributed by atoms with van der Waals surface area (Å²) in [4.78, 5) is 31.2. The molecule has 2 atom stereocenters. The number of alkyl halides is 3. The summed E-state index contributed by atoms with van der Waals surface area (Å²) in [5, 5.41) is 12.1. The Morgan fingerprint density at radius 1 is 1.15 bits per heavy atom. The quantitative estimate of drug-likeness (QED) is 0.481. The average Bonchev–Trinajstić information content (AvgIpc) is 3.46. The van der Waals surface area contributed by atoms with Gasteiger partial charge in [-0.3, -0.25) is 14.6 Å². The second-order valence-corrected chi connectivity index (χ2v) is 12.2. The van der Waals surface area contributed by atoms with Crippen LogP contribution in [-0.2, 0) is 33.2 Å². The first kappa shape index (κ1) is 29.3. The first-order valence-corrected chi connectivity index (χ1v) is 14.6. The number of halogens is 4. The Morgan fingerprint density at radius 3 is 2.54 bits per heavy atom. The summed E-state index contributed by atoms with van der Waals surface area (Å²) in [6, 6.07) is 7.92. The molecule has 2 aromatic rings. The highest BCUT2D eigenvalue weighted by Gasteiger charge is 2.47. The highest BCUT2D eigenvalue weighted by Crippen LogP contribution is 2.35.